The lowest BCUT2D eigenvalue weighted by Crippen LogP contribution is -1.94. The van der Waals surface area contributed by atoms with Gasteiger partial charge in [-0.15, -0.1) is 0 Å². The number of alkyl halides is 1. The summed E-state index contributed by atoms with van der Waals surface area (Å²) in [5, 5.41) is 11.7. The van der Waals surface area contributed by atoms with Crippen LogP contribution in [-0.2, 0) is 5.33 Å². The first-order chi connectivity index (χ1) is 9.51. The third-order valence-corrected chi connectivity index (χ3v) is 3.92. The molecule has 4 nitrogen and oxygen atoms in total. The maximum atomic E-state index is 10.9. The summed E-state index contributed by atoms with van der Waals surface area (Å²) < 4.78 is 6.49. The molecule has 0 aromatic heterocycles. The van der Waals surface area contributed by atoms with Gasteiger partial charge in [0, 0.05) is 21.4 Å². The van der Waals surface area contributed by atoms with Crippen molar-refractivity contribution < 1.29 is 9.66 Å². The predicted octanol–water partition coefficient (Wildman–Crippen LogP) is 5.70. The Morgan fingerprint density at radius 2 is 2.00 bits per heavy atom. The molecular formula is C13H8Br2ClNO3. The van der Waals surface area contributed by atoms with E-state index < -0.39 is 4.92 Å². The van der Waals surface area contributed by atoms with Crippen molar-refractivity contribution >= 4 is 49.1 Å². The van der Waals surface area contributed by atoms with Gasteiger partial charge in [-0.3, -0.25) is 10.1 Å². The van der Waals surface area contributed by atoms with Gasteiger partial charge in [0.25, 0.3) is 5.69 Å². The molecule has 0 heterocycles. The molecule has 104 valence electrons. The summed E-state index contributed by atoms with van der Waals surface area (Å²) in [6.07, 6.45) is 0. The van der Waals surface area contributed by atoms with Gasteiger partial charge in [0.15, 0.2) is 0 Å². The SMILES string of the molecule is O=[N+]([O-])c1ccc(Oc2cc(Br)ccc2Cl)cc1CBr. The zero-order valence-electron chi connectivity index (χ0n) is 9.98. The number of nitrogens with zero attached hydrogens (tertiary/aromatic N) is 1. The highest BCUT2D eigenvalue weighted by molar-refractivity contribution is 9.10. The number of nitro benzene ring substituents is 1. The van der Waals surface area contributed by atoms with Crippen LogP contribution < -0.4 is 4.74 Å². The standard InChI is InChI=1S/C13H8Br2ClNO3/c14-7-8-5-10(2-4-12(8)17(18)19)20-13-6-9(15)1-3-11(13)16/h1-6H,7H2. The minimum Gasteiger partial charge on any atom is -0.456 e. The number of hydrogen-bond donors (Lipinski definition) is 0. The van der Waals surface area contributed by atoms with Gasteiger partial charge >= 0.3 is 0 Å². The average molecular weight is 421 g/mol. The van der Waals surface area contributed by atoms with Crippen molar-refractivity contribution in [3.05, 3.63) is 61.6 Å². The van der Waals surface area contributed by atoms with Crippen LogP contribution in [0.25, 0.3) is 0 Å². The van der Waals surface area contributed by atoms with E-state index in [0.29, 0.717) is 27.4 Å². The molecule has 2 rings (SSSR count). The first kappa shape index (κ1) is 15.3. The fourth-order valence-corrected chi connectivity index (χ4v) is 2.54. The fraction of sp³-hybridized carbons (Fsp3) is 0.0769. The van der Waals surface area contributed by atoms with E-state index >= 15 is 0 Å². The quantitative estimate of drug-likeness (QED) is 0.362. The van der Waals surface area contributed by atoms with Gasteiger partial charge in [0.2, 0.25) is 0 Å². The normalized spacial score (nSPS) is 10.3. The van der Waals surface area contributed by atoms with Gasteiger partial charge in [0.1, 0.15) is 11.5 Å². The summed E-state index contributed by atoms with van der Waals surface area (Å²) in [6, 6.07) is 9.81. The van der Waals surface area contributed by atoms with Crippen LogP contribution in [0.5, 0.6) is 11.5 Å². The summed E-state index contributed by atoms with van der Waals surface area (Å²) >= 11 is 12.6. The number of hydrogen-bond acceptors (Lipinski definition) is 3. The van der Waals surface area contributed by atoms with E-state index in [-0.39, 0.29) is 5.69 Å². The topological polar surface area (TPSA) is 52.4 Å². The van der Waals surface area contributed by atoms with E-state index in [4.69, 9.17) is 16.3 Å². The van der Waals surface area contributed by atoms with Gasteiger partial charge in [-0.1, -0.05) is 43.5 Å². The van der Waals surface area contributed by atoms with E-state index in [0.717, 1.165) is 4.47 Å². The smallest absolute Gasteiger partial charge is 0.273 e. The van der Waals surface area contributed by atoms with E-state index in [1.807, 2.05) is 0 Å². The van der Waals surface area contributed by atoms with E-state index in [2.05, 4.69) is 31.9 Å². The van der Waals surface area contributed by atoms with Crippen LogP contribution in [-0.4, -0.2) is 4.92 Å². The van der Waals surface area contributed by atoms with Crippen LogP contribution in [0.2, 0.25) is 5.02 Å². The molecule has 0 atom stereocenters. The number of benzene rings is 2. The Labute approximate surface area is 137 Å². The Hall–Kier alpha value is -1.11. The molecule has 0 saturated carbocycles. The fourth-order valence-electron chi connectivity index (χ4n) is 1.59. The summed E-state index contributed by atoms with van der Waals surface area (Å²) in [5.41, 5.74) is 0.591. The maximum absolute atomic E-state index is 10.9. The molecule has 0 N–H and O–H groups in total. The Morgan fingerprint density at radius 1 is 1.25 bits per heavy atom. The average Bonchev–Trinajstić information content (AvgIpc) is 2.42. The second-order valence-electron chi connectivity index (χ2n) is 3.86. The number of rotatable bonds is 4. The van der Waals surface area contributed by atoms with E-state index in [1.54, 1.807) is 30.3 Å². The van der Waals surface area contributed by atoms with E-state index in [9.17, 15) is 10.1 Å². The molecular weight excluding hydrogens is 413 g/mol. The van der Waals surface area contributed by atoms with Gasteiger partial charge in [0.05, 0.1) is 9.95 Å². The summed E-state index contributed by atoms with van der Waals surface area (Å²) in [6.45, 7) is 0. The Morgan fingerprint density at radius 3 is 2.65 bits per heavy atom. The van der Waals surface area contributed by atoms with Crippen molar-refractivity contribution in [3.8, 4) is 11.5 Å². The molecule has 0 saturated heterocycles. The van der Waals surface area contributed by atoms with Crippen molar-refractivity contribution in [3.63, 3.8) is 0 Å². The third kappa shape index (κ3) is 3.50. The molecule has 0 radical (unpaired) electrons. The van der Waals surface area contributed by atoms with Crippen molar-refractivity contribution in [1.29, 1.82) is 0 Å². The molecule has 20 heavy (non-hydrogen) atoms. The number of ether oxygens (including phenoxy) is 1. The molecule has 2 aromatic rings. The minimum atomic E-state index is -0.424. The molecule has 0 aliphatic rings. The van der Waals surface area contributed by atoms with Crippen molar-refractivity contribution in [1.82, 2.24) is 0 Å². The van der Waals surface area contributed by atoms with Crippen LogP contribution in [0, 0.1) is 10.1 Å². The van der Waals surface area contributed by atoms with Crippen molar-refractivity contribution in [2.75, 3.05) is 0 Å². The third-order valence-electron chi connectivity index (χ3n) is 2.51. The lowest BCUT2D eigenvalue weighted by Gasteiger charge is -2.09. The first-order valence-electron chi connectivity index (χ1n) is 5.47. The lowest BCUT2D eigenvalue weighted by atomic mass is 10.2. The highest BCUT2D eigenvalue weighted by atomic mass is 79.9. The Balaban J connectivity index is 2.34. The number of halogens is 3. The van der Waals surface area contributed by atoms with Crippen LogP contribution in [0.3, 0.4) is 0 Å². The summed E-state index contributed by atoms with van der Waals surface area (Å²) in [4.78, 5) is 10.4. The van der Waals surface area contributed by atoms with Crippen LogP contribution >= 0.6 is 43.5 Å². The zero-order chi connectivity index (χ0) is 14.7. The molecule has 2 aromatic carbocycles. The second kappa shape index (κ2) is 6.56. The highest BCUT2D eigenvalue weighted by Crippen LogP contribution is 2.34. The summed E-state index contributed by atoms with van der Waals surface area (Å²) in [5.74, 6) is 0.973. The molecule has 0 unspecified atom stereocenters. The predicted molar refractivity (Wildman–Crippen MR) is 85.0 cm³/mol. The van der Waals surface area contributed by atoms with Crippen molar-refractivity contribution in [2.45, 2.75) is 5.33 Å². The van der Waals surface area contributed by atoms with Crippen LogP contribution in [0.15, 0.2) is 40.9 Å². The molecule has 0 bridgehead atoms. The molecule has 0 spiro atoms. The first-order valence-corrected chi connectivity index (χ1v) is 7.76. The van der Waals surface area contributed by atoms with Gasteiger partial charge in [-0.25, -0.2) is 0 Å². The van der Waals surface area contributed by atoms with Crippen LogP contribution in [0.4, 0.5) is 5.69 Å². The zero-order valence-corrected chi connectivity index (χ0v) is 13.9. The second-order valence-corrected chi connectivity index (χ2v) is 5.74. The Kier molecular flexibility index (Phi) is 5.01. The van der Waals surface area contributed by atoms with Gasteiger partial charge in [-0.05, 0) is 30.3 Å². The summed E-state index contributed by atoms with van der Waals surface area (Å²) in [7, 11) is 0. The molecule has 0 aliphatic heterocycles. The molecule has 7 heteroatoms. The Bertz CT molecular complexity index is 664. The highest BCUT2D eigenvalue weighted by Gasteiger charge is 2.14. The molecule has 0 fully saturated rings. The lowest BCUT2D eigenvalue weighted by molar-refractivity contribution is -0.385. The monoisotopic (exact) mass is 419 g/mol. The molecule has 0 aliphatic carbocycles. The van der Waals surface area contributed by atoms with Gasteiger partial charge in [-0.2, -0.15) is 0 Å². The molecule has 0 amide bonds. The largest absolute Gasteiger partial charge is 0.456 e. The van der Waals surface area contributed by atoms with Gasteiger partial charge < -0.3 is 4.74 Å². The minimum absolute atomic E-state index is 0.0505. The maximum Gasteiger partial charge on any atom is 0.273 e. The van der Waals surface area contributed by atoms with Crippen LogP contribution in [0.1, 0.15) is 5.56 Å². The number of nitro groups is 1. The van der Waals surface area contributed by atoms with Crippen molar-refractivity contribution in [2.24, 2.45) is 0 Å². The van der Waals surface area contributed by atoms with E-state index in [1.165, 1.54) is 6.07 Å².